The molecule has 0 bridgehead atoms. The van der Waals surface area contributed by atoms with Gasteiger partial charge in [-0.3, -0.25) is 33.8 Å². The Labute approximate surface area is 652 Å². The summed E-state index contributed by atoms with van der Waals surface area (Å²) in [7, 11) is -8.95. The topological polar surface area (TPSA) is 254 Å². The van der Waals surface area contributed by atoms with Crippen molar-refractivity contribution >= 4 is 101 Å². The first kappa shape index (κ1) is 82.5. The lowest BCUT2D eigenvalue weighted by atomic mass is 9.65. The number of aliphatic hydroxyl groups excluding tert-OH is 1. The summed E-state index contributed by atoms with van der Waals surface area (Å²) in [4.78, 5) is 85.3. The number of sulfone groups is 1. The van der Waals surface area contributed by atoms with Crippen LogP contribution in [0.5, 0.6) is 0 Å². The van der Waals surface area contributed by atoms with Gasteiger partial charge in [0.05, 0.1) is 38.8 Å². The summed E-state index contributed by atoms with van der Waals surface area (Å²) in [6, 6.07) is 31.0. The van der Waals surface area contributed by atoms with Crippen molar-refractivity contribution in [1.29, 1.82) is 0 Å². The number of hydrogen-bond donors (Lipinski definition) is 5. The number of benzene rings is 5. The number of unbranched alkanes of at least 4 members (excludes halogenated alkanes) is 2. The van der Waals surface area contributed by atoms with E-state index in [1.807, 2.05) is 106 Å². The molecular formula is C80H101ClF3N11O10S4. The van der Waals surface area contributed by atoms with Gasteiger partial charge < -0.3 is 40.7 Å². The van der Waals surface area contributed by atoms with Gasteiger partial charge in [0.1, 0.15) is 17.0 Å². The van der Waals surface area contributed by atoms with Crippen molar-refractivity contribution in [1.82, 2.24) is 44.8 Å². The minimum Gasteiger partial charge on any atom is -0.391 e. The fraction of sp³-hybridized carbons (Fsp3) is 0.500. The van der Waals surface area contributed by atoms with E-state index in [1.165, 1.54) is 64.8 Å². The van der Waals surface area contributed by atoms with Gasteiger partial charge in [0.15, 0.2) is 0 Å². The second kappa shape index (κ2) is 35.9. The number of piperidine rings is 1. The molecule has 5 heterocycles. The number of aliphatic hydroxyl groups is 1. The molecule has 4 saturated heterocycles. The van der Waals surface area contributed by atoms with Gasteiger partial charge in [0, 0.05) is 124 Å². The highest BCUT2D eigenvalue weighted by Crippen LogP contribution is 2.49. The molecule has 0 unspecified atom stereocenters. The largest absolute Gasteiger partial charge is 0.501 e. The van der Waals surface area contributed by atoms with Gasteiger partial charge in [-0.1, -0.05) is 99.0 Å². The Morgan fingerprint density at radius 1 is 0.771 bits per heavy atom. The summed E-state index contributed by atoms with van der Waals surface area (Å²) >= 11 is 9.25. The number of aromatic nitrogens is 1. The number of aryl methyl sites for hydroxylation is 1. The molecule has 1 spiro atoms. The van der Waals surface area contributed by atoms with E-state index in [-0.39, 0.29) is 48.9 Å². The van der Waals surface area contributed by atoms with Gasteiger partial charge in [0.2, 0.25) is 23.6 Å². The Hall–Kier alpha value is -7.41. The molecule has 1 aromatic heterocycles. The number of rotatable bonds is 28. The number of anilines is 2. The number of thiazole rings is 1. The van der Waals surface area contributed by atoms with Crippen molar-refractivity contribution in [2.24, 2.45) is 10.8 Å². The molecule has 21 nitrogen and oxygen atoms in total. The molecule has 11 rings (SSSR count). The lowest BCUT2D eigenvalue weighted by molar-refractivity contribution is -0.144. The van der Waals surface area contributed by atoms with Gasteiger partial charge in [-0.05, 0) is 185 Å². The third-order valence-corrected chi connectivity index (χ3v) is 27.2. The van der Waals surface area contributed by atoms with Gasteiger partial charge in [-0.25, -0.2) is 26.5 Å². The van der Waals surface area contributed by atoms with Crippen molar-refractivity contribution in [3.05, 3.63) is 160 Å². The quantitative estimate of drug-likeness (QED) is 0.0226. The lowest BCUT2D eigenvalue weighted by Gasteiger charge is -2.46. The van der Waals surface area contributed by atoms with Gasteiger partial charge >= 0.3 is 5.51 Å². The number of carbonyl (C=O) groups is 5. The third-order valence-electron chi connectivity index (χ3n) is 22.0. The van der Waals surface area contributed by atoms with Crippen LogP contribution < -0.4 is 25.6 Å². The van der Waals surface area contributed by atoms with Gasteiger partial charge in [-0.15, -0.1) is 23.1 Å². The summed E-state index contributed by atoms with van der Waals surface area (Å²) in [6.45, 7) is 17.4. The number of sulfonamides is 1. The van der Waals surface area contributed by atoms with Crippen LogP contribution in [0.2, 0.25) is 5.02 Å². The number of thioether (sulfide) groups is 1. The number of nitrogens with one attached hydrogen (secondary N) is 4. The summed E-state index contributed by atoms with van der Waals surface area (Å²) < 4.78 is 101. The molecule has 4 aliphatic heterocycles. The number of alkyl halides is 3. The van der Waals surface area contributed by atoms with E-state index in [1.54, 1.807) is 33.9 Å². The normalized spacial score (nSPS) is 19.3. The molecule has 4 fully saturated rings. The van der Waals surface area contributed by atoms with E-state index in [0.717, 1.165) is 90.0 Å². The molecule has 5 amide bonds. The number of likely N-dealkylation sites (tertiary alicyclic amines) is 2. The summed E-state index contributed by atoms with van der Waals surface area (Å²) in [5.41, 5.74) is 2.76. The molecule has 6 aromatic rings. The molecule has 0 saturated carbocycles. The predicted octanol–water partition coefficient (Wildman–Crippen LogP) is 12.1. The number of hydrogen-bond acceptors (Lipinski definition) is 18. The minimum atomic E-state index is -6.19. The smallest absolute Gasteiger partial charge is 0.391 e. The minimum absolute atomic E-state index is 0.0373. The number of nitrogens with zero attached hydrogens (tertiary/aromatic N) is 7. The maximum absolute atomic E-state index is 14.6. The number of piperazine rings is 2. The number of β-amino-alcohol motifs (C(OH)–C–C–N with tert-alkyl or cyclic N) is 1. The zero-order chi connectivity index (χ0) is 78.0. The fourth-order valence-corrected chi connectivity index (χ4v) is 19.3. The highest BCUT2D eigenvalue weighted by atomic mass is 35.5. The van der Waals surface area contributed by atoms with E-state index in [4.69, 9.17) is 11.6 Å². The van der Waals surface area contributed by atoms with Crippen LogP contribution in [0.15, 0.2) is 147 Å². The molecule has 109 heavy (non-hydrogen) atoms. The van der Waals surface area contributed by atoms with Crippen molar-refractivity contribution in [3.63, 3.8) is 0 Å². The Morgan fingerprint density at radius 3 is 2.08 bits per heavy atom. The number of amides is 5. The van der Waals surface area contributed by atoms with E-state index >= 15 is 0 Å². The van der Waals surface area contributed by atoms with E-state index in [9.17, 15) is 59.1 Å². The fourth-order valence-electron chi connectivity index (χ4n) is 15.4. The molecule has 5 aromatic carbocycles. The maximum atomic E-state index is 14.6. The van der Waals surface area contributed by atoms with E-state index in [0.29, 0.717) is 88.0 Å². The van der Waals surface area contributed by atoms with Crippen molar-refractivity contribution < 1.29 is 59.1 Å². The van der Waals surface area contributed by atoms with Crippen LogP contribution in [-0.2, 0) is 39.0 Å². The summed E-state index contributed by atoms with van der Waals surface area (Å²) in [6.07, 6.45) is 6.89. The Kier molecular flexibility index (Phi) is 27.2. The average molecular weight is 1600 g/mol. The van der Waals surface area contributed by atoms with Crippen LogP contribution in [0.1, 0.15) is 138 Å². The zero-order valence-electron chi connectivity index (χ0n) is 62.8. The Morgan fingerprint density at radius 2 is 1.43 bits per heavy atom. The van der Waals surface area contributed by atoms with Crippen LogP contribution >= 0.6 is 34.7 Å². The molecule has 0 radical (unpaired) electrons. The van der Waals surface area contributed by atoms with Crippen LogP contribution in [0.25, 0.3) is 16.0 Å². The zero-order valence-corrected chi connectivity index (χ0v) is 66.8. The van der Waals surface area contributed by atoms with Crippen LogP contribution in [0, 0.1) is 17.8 Å². The second-order valence-electron chi connectivity index (χ2n) is 30.8. The standard InChI is InChI=1S/C80H101ClF3N11O10S4/c1-54(56-17-19-58(20-18-56)73-55(2)85-53-107-73)86-76(100)69-47-64(96)51-95(69)77(101)74(78(3,4)5)88-71(97)15-11-8-12-16-72(98)94-45-39-91(40-46-94)36-32-62(52-106-65-13-9-7-10-14-65)87-68-30-29-66(48-70(68)108(102,103)80(82,83)84)109(104,105)89-75(99)59-23-27-63(28-24-59)93-43-41-92(42-44-93)50-60-49-79(34-37-90(6)38-35-79)33-31-67(60)57-21-25-61(81)26-22-57/h7,9-10,13-14,17-30,48,53-54,62,64,69,74,87,96H,8,11-12,15-16,31-47,49-52H2,1-6H3,(H,86,100)(H,88,97)(H,89,99)/t54-,62+,64+,69-,74+/m0/s1. The number of allylic oxidation sites excluding steroid dienone is 1. The molecule has 5 aliphatic rings. The van der Waals surface area contributed by atoms with Crippen molar-refractivity contribution in [3.8, 4) is 10.4 Å². The third kappa shape index (κ3) is 21.2. The first-order chi connectivity index (χ1) is 51.8. The van der Waals surface area contributed by atoms with Crippen molar-refractivity contribution in [2.75, 3.05) is 108 Å². The first-order valence-electron chi connectivity index (χ1n) is 37.6. The summed E-state index contributed by atoms with van der Waals surface area (Å²) in [5.74, 6) is -2.10. The van der Waals surface area contributed by atoms with Gasteiger partial charge in [0.25, 0.3) is 25.8 Å². The molecular weight excluding hydrogens is 1500 g/mol. The first-order valence-corrected chi connectivity index (χ1v) is 42.8. The van der Waals surface area contributed by atoms with Crippen LogP contribution in [0.3, 0.4) is 0 Å². The maximum Gasteiger partial charge on any atom is 0.501 e. The predicted molar refractivity (Wildman–Crippen MR) is 422 cm³/mol. The molecule has 29 heteroatoms. The highest BCUT2D eigenvalue weighted by molar-refractivity contribution is 7.99. The monoisotopic (exact) mass is 1600 g/mol. The Balaban J connectivity index is 0.646. The lowest BCUT2D eigenvalue weighted by Crippen LogP contribution is -2.57. The van der Waals surface area contributed by atoms with Crippen LogP contribution in [0.4, 0.5) is 24.5 Å². The van der Waals surface area contributed by atoms with Crippen molar-refractivity contribution in [2.45, 2.75) is 162 Å². The molecule has 5 atom stereocenters. The molecule has 1 aliphatic carbocycles. The highest BCUT2D eigenvalue weighted by Gasteiger charge is 2.49. The Bertz CT molecular complexity index is 4430. The van der Waals surface area contributed by atoms with E-state index < -0.39 is 94.3 Å². The second-order valence-corrected chi connectivity index (χ2v) is 36.8. The van der Waals surface area contributed by atoms with E-state index in [2.05, 4.69) is 59.7 Å². The molecule has 5 N–H and O–H groups in total. The molecule has 588 valence electrons. The summed E-state index contributed by atoms with van der Waals surface area (Å²) in [5, 5.41) is 20.4. The number of carbonyl (C=O) groups excluding carboxylic acids is 5. The SMILES string of the molecule is Cc1ncsc1-c1ccc([C@H](C)NC(=O)[C@@H]2C[C@@H](O)CN2C(=O)[C@@H](NC(=O)CCCCCC(=O)N2CCN(CC[C@H](CSc3ccccc3)Nc3ccc(S(=O)(=O)NC(=O)c4ccc(N5CCN(CC6=C(c7ccc(Cl)cc7)CCC7(CCN(C)CC7)C6)CC5)cc4)cc3S(=O)(=O)C(F)(F)F)CC2)C(C)(C)C)cc1. The van der Waals surface area contributed by atoms with Crippen LogP contribution in [-0.4, -0.2) is 209 Å². The average Bonchev–Trinajstić information content (AvgIpc) is 1.37. The van der Waals surface area contributed by atoms with Gasteiger partial charge in [-0.2, -0.15) is 13.2 Å². The number of halogens is 4.